The second-order valence-electron chi connectivity index (χ2n) is 9.55. The molecule has 202 valence electrons. The number of nitrogens with one attached hydrogen (secondary N) is 1. The molecule has 1 atom stereocenters. The van der Waals surface area contributed by atoms with Gasteiger partial charge in [-0.25, -0.2) is 9.59 Å². The molecule has 1 N–H and O–H groups in total. The lowest BCUT2D eigenvalue weighted by atomic mass is 9.96. The molecule has 0 aliphatic carbocycles. The Bertz CT molecular complexity index is 1800. The average molecular weight is 539 g/mol. The van der Waals surface area contributed by atoms with E-state index in [2.05, 4.69) is 4.98 Å². The standard InChI is InChI=1S/C31H26N2O7/c1-37-19-9-7-18(8-10-19)23-15-30(35)40-28-13-20(11-12-22(23)28)39-17-29(34)33-16-26-24(14-27(33)31(36)38-2)21-5-3-4-6-25(21)32-26/h3-13,15,27,32H,14,16-17H2,1-2H3. The summed E-state index contributed by atoms with van der Waals surface area (Å²) >= 11 is 0. The van der Waals surface area contributed by atoms with Gasteiger partial charge in [0.2, 0.25) is 0 Å². The Morgan fingerprint density at radius 1 is 0.975 bits per heavy atom. The molecule has 3 heterocycles. The minimum atomic E-state index is -0.769. The minimum absolute atomic E-state index is 0.226. The molecular weight excluding hydrogens is 512 g/mol. The van der Waals surface area contributed by atoms with Crippen molar-refractivity contribution >= 4 is 33.7 Å². The maximum absolute atomic E-state index is 13.3. The van der Waals surface area contributed by atoms with Gasteiger partial charge in [0, 0.05) is 40.5 Å². The van der Waals surface area contributed by atoms with Crippen LogP contribution in [0, 0.1) is 0 Å². The van der Waals surface area contributed by atoms with Crippen molar-refractivity contribution in [3.05, 3.63) is 94.5 Å². The predicted molar refractivity (Wildman–Crippen MR) is 148 cm³/mol. The Morgan fingerprint density at radius 3 is 2.52 bits per heavy atom. The molecule has 5 aromatic rings. The summed E-state index contributed by atoms with van der Waals surface area (Å²) < 4.78 is 21.5. The quantitative estimate of drug-likeness (QED) is 0.251. The lowest BCUT2D eigenvalue weighted by molar-refractivity contribution is -0.154. The van der Waals surface area contributed by atoms with Crippen LogP contribution in [0.15, 0.2) is 82.0 Å². The number of aromatic nitrogens is 1. The monoisotopic (exact) mass is 538 g/mol. The van der Waals surface area contributed by atoms with E-state index in [0.29, 0.717) is 29.1 Å². The number of carbonyl (C=O) groups is 2. The van der Waals surface area contributed by atoms with Gasteiger partial charge in [-0.15, -0.1) is 0 Å². The van der Waals surface area contributed by atoms with Gasteiger partial charge in [0.25, 0.3) is 5.91 Å². The summed E-state index contributed by atoms with van der Waals surface area (Å²) in [7, 11) is 2.91. The number of ether oxygens (including phenoxy) is 3. The molecule has 1 aliphatic rings. The van der Waals surface area contributed by atoms with Crippen LogP contribution in [0.4, 0.5) is 0 Å². The van der Waals surface area contributed by atoms with Crippen LogP contribution in [0.3, 0.4) is 0 Å². The zero-order valence-electron chi connectivity index (χ0n) is 21.9. The highest BCUT2D eigenvalue weighted by molar-refractivity contribution is 5.94. The van der Waals surface area contributed by atoms with E-state index in [9.17, 15) is 14.4 Å². The van der Waals surface area contributed by atoms with E-state index < -0.39 is 17.6 Å². The Kier molecular flexibility index (Phi) is 6.47. The van der Waals surface area contributed by atoms with Crippen LogP contribution in [0.1, 0.15) is 11.3 Å². The van der Waals surface area contributed by atoms with Crippen LogP contribution in [0.25, 0.3) is 33.0 Å². The fourth-order valence-corrected chi connectivity index (χ4v) is 5.29. The summed E-state index contributed by atoms with van der Waals surface area (Å²) in [5, 5.41) is 1.75. The fourth-order valence-electron chi connectivity index (χ4n) is 5.29. The number of rotatable bonds is 6. The highest BCUT2D eigenvalue weighted by Gasteiger charge is 2.37. The second kappa shape index (κ2) is 10.3. The Morgan fingerprint density at radius 2 is 1.75 bits per heavy atom. The minimum Gasteiger partial charge on any atom is -0.497 e. The SMILES string of the molecule is COC(=O)C1Cc2c([nH]c3ccccc23)CN1C(=O)COc1ccc2c(-c3ccc(OC)cc3)cc(=O)oc2c1. The number of benzene rings is 3. The first-order valence-corrected chi connectivity index (χ1v) is 12.8. The molecule has 9 nitrogen and oxygen atoms in total. The van der Waals surface area contributed by atoms with Gasteiger partial charge in [-0.05, 0) is 47.0 Å². The summed E-state index contributed by atoms with van der Waals surface area (Å²) in [6, 6.07) is 21.0. The third-order valence-electron chi connectivity index (χ3n) is 7.28. The van der Waals surface area contributed by atoms with Crippen molar-refractivity contribution in [2.75, 3.05) is 20.8 Å². The summed E-state index contributed by atoms with van der Waals surface area (Å²) in [6.45, 7) is -0.0826. The second-order valence-corrected chi connectivity index (χ2v) is 9.55. The number of methoxy groups -OCH3 is 2. The van der Waals surface area contributed by atoms with Crippen LogP contribution in [-0.4, -0.2) is 48.6 Å². The molecular formula is C31H26N2O7. The molecule has 0 radical (unpaired) electrons. The molecule has 3 aromatic carbocycles. The van der Waals surface area contributed by atoms with E-state index in [1.807, 2.05) is 48.5 Å². The molecule has 40 heavy (non-hydrogen) atoms. The number of hydrogen-bond donors (Lipinski definition) is 1. The van der Waals surface area contributed by atoms with E-state index in [4.69, 9.17) is 18.6 Å². The molecule has 1 aliphatic heterocycles. The third kappa shape index (κ3) is 4.55. The molecule has 0 spiro atoms. The van der Waals surface area contributed by atoms with Crippen LogP contribution in [-0.2, 0) is 27.3 Å². The van der Waals surface area contributed by atoms with Crippen molar-refractivity contribution in [1.82, 2.24) is 9.88 Å². The van der Waals surface area contributed by atoms with Gasteiger partial charge >= 0.3 is 11.6 Å². The number of carbonyl (C=O) groups excluding carboxylic acids is 2. The zero-order valence-corrected chi connectivity index (χ0v) is 21.9. The highest BCUT2D eigenvalue weighted by atomic mass is 16.5. The normalized spacial score (nSPS) is 14.7. The Balaban J connectivity index is 1.24. The smallest absolute Gasteiger partial charge is 0.336 e. The molecule has 2 aromatic heterocycles. The van der Waals surface area contributed by atoms with Gasteiger partial charge in [0.15, 0.2) is 6.61 Å². The van der Waals surface area contributed by atoms with Crippen molar-refractivity contribution in [2.45, 2.75) is 19.0 Å². The van der Waals surface area contributed by atoms with Crippen molar-refractivity contribution in [3.63, 3.8) is 0 Å². The molecule has 0 saturated heterocycles. The molecule has 6 rings (SSSR count). The number of fused-ring (bicyclic) bond motifs is 4. The summed E-state index contributed by atoms with van der Waals surface area (Å²) in [4.78, 5) is 43.2. The van der Waals surface area contributed by atoms with E-state index in [-0.39, 0.29) is 19.1 Å². The van der Waals surface area contributed by atoms with Gasteiger partial charge in [-0.1, -0.05) is 30.3 Å². The fraction of sp³-hybridized carbons (Fsp3) is 0.194. The van der Waals surface area contributed by atoms with Crippen LogP contribution in [0.5, 0.6) is 11.5 Å². The number of esters is 1. The first-order valence-electron chi connectivity index (χ1n) is 12.8. The van der Waals surface area contributed by atoms with Crippen molar-refractivity contribution in [3.8, 4) is 22.6 Å². The number of para-hydroxylation sites is 1. The number of hydrogen-bond acceptors (Lipinski definition) is 7. The van der Waals surface area contributed by atoms with Crippen LogP contribution in [0.2, 0.25) is 0 Å². The van der Waals surface area contributed by atoms with E-state index in [1.54, 1.807) is 25.3 Å². The van der Waals surface area contributed by atoms with Gasteiger partial charge in [-0.3, -0.25) is 4.79 Å². The Labute approximate surface area is 228 Å². The van der Waals surface area contributed by atoms with Crippen molar-refractivity contribution < 1.29 is 28.2 Å². The molecule has 0 saturated carbocycles. The Hall–Kier alpha value is -5.05. The summed E-state index contributed by atoms with van der Waals surface area (Å²) in [5.41, 5.74) is 4.21. The molecule has 0 fully saturated rings. The van der Waals surface area contributed by atoms with Crippen molar-refractivity contribution in [2.24, 2.45) is 0 Å². The highest BCUT2D eigenvalue weighted by Crippen LogP contribution is 2.32. The number of amides is 1. The first-order chi connectivity index (χ1) is 19.4. The average Bonchev–Trinajstić information content (AvgIpc) is 3.35. The van der Waals surface area contributed by atoms with Gasteiger partial charge in [0.1, 0.15) is 23.1 Å². The zero-order chi connectivity index (χ0) is 27.8. The van der Waals surface area contributed by atoms with Crippen LogP contribution < -0.4 is 15.1 Å². The number of nitrogens with zero attached hydrogens (tertiary/aromatic N) is 1. The predicted octanol–water partition coefficient (Wildman–Crippen LogP) is 4.46. The molecule has 9 heteroatoms. The molecule has 1 unspecified atom stereocenters. The molecule has 0 bridgehead atoms. The molecule has 1 amide bonds. The first kappa shape index (κ1) is 25.2. The maximum Gasteiger partial charge on any atom is 0.336 e. The van der Waals surface area contributed by atoms with Gasteiger partial charge in [-0.2, -0.15) is 0 Å². The maximum atomic E-state index is 13.3. The van der Waals surface area contributed by atoms with E-state index in [0.717, 1.165) is 33.1 Å². The lowest BCUT2D eigenvalue weighted by Gasteiger charge is -2.33. The number of H-pyrrole nitrogens is 1. The topological polar surface area (TPSA) is 111 Å². The van der Waals surface area contributed by atoms with Gasteiger partial charge in [0.05, 0.1) is 20.8 Å². The van der Waals surface area contributed by atoms with Crippen molar-refractivity contribution in [1.29, 1.82) is 0 Å². The summed E-state index contributed by atoms with van der Waals surface area (Å²) in [6.07, 6.45) is 0.340. The third-order valence-corrected chi connectivity index (χ3v) is 7.28. The number of aromatic amines is 1. The van der Waals surface area contributed by atoms with E-state index in [1.165, 1.54) is 18.1 Å². The van der Waals surface area contributed by atoms with Gasteiger partial charge < -0.3 is 28.5 Å². The van der Waals surface area contributed by atoms with Crippen LogP contribution >= 0.6 is 0 Å². The summed E-state index contributed by atoms with van der Waals surface area (Å²) in [5.74, 6) is 0.213. The largest absolute Gasteiger partial charge is 0.497 e. The lowest BCUT2D eigenvalue weighted by Crippen LogP contribution is -2.50. The van der Waals surface area contributed by atoms with E-state index >= 15 is 0 Å².